The second kappa shape index (κ2) is 20.5. The molecule has 63 heavy (non-hydrogen) atoms. The minimum atomic E-state index is -2.27. The van der Waals surface area contributed by atoms with E-state index in [1.54, 1.807) is 28.4 Å². The molecule has 2 saturated carbocycles. The predicted molar refractivity (Wildman–Crippen MR) is 253 cm³/mol. The first-order valence-corrected chi connectivity index (χ1v) is 23.9. The molecule has 0 aromatic carbocycles. The van der Waals surface area contributed by atoms with Crippen LogP contribution in [0, 0.1) is 13.8 Å². The first-order valence-electron chi connectivity index (χ1n) is 23.8. The zero-order valence-electron chi connectivity index (χ0n) is 39.2. The number of ether oxygens (including phenoxy) is 2. The number of anilines is 5. The highest BCUT2D eigenvalue weighted by molar-refractivity contribution is 7.18. The summed E-state index contributed by atoms with van der Waals surface area (Å²) in [7, 11) is 1.84. The summed E-state index contributed by atoms with van der Waals surface area (Å²) in [6.45, 7) is 10.2. The summed E-state index contributed by atoms with van der Waals surface area (Å²) < 4.78 is 38.8. The SMILES string of the molecule is C.Cc1nc2c(OC3CCC(N4CCOCC4)CC3)nc(Nc3cnn(C(C)C)c3)nc2s1.[2H]C([2H])([2H])c1nc2c(NC3CCC(N4CCCCC4)CC3)nc(Nc3cnn(C)c3)nc2s1. The van der Waals surface area contributed by atoms with Gasteiger partial charge in [-0.2, -0.15) is 30.1 Å². The topological polar surface area (TPSA) is 174 Å². The summed E-state index contributed by atoms with van der Waals surface area (Å²) in [6, 6.07) is 1.90. The zero-order valence-corrected chi connectivity index (χ0v) is 37.8. The van der Waals surface area contributed by atoms with Crippen LogP contribution in [0.15, 0.2) is 24.8 Å². The number of nitrogens with one attached hydrogen (secondary N) is 3. The fraction of sp³-hybridized carbons (Fsp3) is 0.636. The summed E-state index contributed by atoms with van der Waals surface area (Å²) >= 11 is 2.66. The van der Waals surface area contributed by atoms with Crippen molar-refractivity contribution in [2.75, 3.05) is 55.3 Å². The number of aromatic nitrogens is 10. The van der Waals surface area contributed by atoms with E-state index in [9.17, 15) is 0 Å². The van der Waals surface area contributed by atoms with Gasteiger partial charge >= 0.3 is 0 Å². The summed E-state index contributed by atoms with van der Waals surface area (Å²) in [6.07, 6.45) is 20.3. The number of likely N-dealkylation sites (tertiary alicyclic amines) is 1. The number of piperidine rings is 1. The molecule has 10 rings (SSSR count). The van der Waals surface area contributed by atoms with Crippen molar-refractivity contribution in [3.63, 3.8) is 0 Å². The molecule has 3 N–H and O–H groups in total. The Morgan fingerprint density at radius 3 is 2.02 bits per heavy atom. The fourth-order valence-electron chi connectivity index (χ4n) is 9.14. The first kappa shape index (κ1) is 41.2. The Morgan fingerprint density at radius 2 is 1.35 bits per heavy atom. The Morgan fingerprint density at radius 1 is 0.730 bits per heavy atom. The van der Waals surface area contributed by atoms with Crippen LogP contribution in [-0.2, 0) is 11.8 Å². The average Bonchev–Trinajstić information content (AvgIpc) is 4.12. The van der Waals surface area contributed by atoms with Gasteiger partial charge in [-0.25, -0.2) is 9.97 Å². The molecule has 2 aliphatic heterocycles. The van der Waals surface area contributed by atoms with Gasteiger partial charge in [-0.3, -0.25) is 14.3 Å². The molecule has 6 aromatic rings. The molecule has 4 fully saturated rings. The predicted octanol–water partition coefficient (Wildman–Crippen LogP) is 8.65. The van der Waals surface area contributed by atoms with Crippen molar-refractivity contribution >= 4 is 72.5 Å². The molecule has 2 saturated heterocycles. The molecule has 0 spiro atoms. The van der Waals surface area contributed by atoms with E-state index >= 15 is 0 Å². The second-order valence-electron chi connectivity index (χ2n) is 17.2. The van der Waals surface area contributed by atoms with Gasteiger partial charge in [0.2, 0.25) is 17.8 Å². The molecule has 0 radical (unpaired) electrons. The molecule has 17 nitrogen and oxygen atoms in total. The van der Waals surface area contributed by atoms with Crippen LogP contribution in [0.3, 0.4) is 0 Å². The van der Waals surface area contributed by atoms with Gasteiger partial charge in [-0.15, -0.1) is 0 Å². The van der Waals surface area contributed by atoms with Gasteiger partial charge in [-0.05, 0) is 105 Å². The average molecular weight is 903 g/mol. The van der Waals surface area contributed by atoms with Crippen LogP contribution in [0.25, 0.3) is 20.7 Å². The van der Waals surface area contributed by atoms with Crippen molar-refractivity contribution in [1.82, 2.24) is 59.3 Å². The van der Waals surface area contributed by atoms with E-state index in [0.717, 1.165) is 103 Å². The highest BCUT2D eigenvalue weighted by Gasteiger charge is 2.30. The van der Waals surface area contributed by atoms with Crippen LogP contribution < -0.4 is 20.7 Å². The molecular weight excluding hydrogens is 835 g/mol. The summed E-state index contributed by atoms with van der Waals surface area (Å²) in [5, 5.41) is 19.6. The molecule has 0 unspecified atom stereocenters. The molecule has 2 aliphatic carbocycles. The van der Waals surface area contributed by atoms with Gasteiger partial charge in [0.05, 0.1) is 47.0 Å². The number of aryl methyl sites for hydroxylation is 3. The Hall–Kier alpha value is -4.56. The van der Waals surface area contributed by atoms with Gasteiger partial charge in [0.25, 0.3) is 0 Å². The Bertz CT molecular complexity index is 2500. The maximum absolute atomic E-state index is 7.77. The van der Waals surface area contributed by atoms with E-state index < -0.39 is 6.85 Å². The molecule has 340 valence electrons. The highest BCUT2D eigenvalue weighted by atomic mass is 32.1. The Labute approximate surface area is 383 Å². The third-order valence-electron chi connectivity index (χ3n) is 12.4. The Kier molecular flexibility index (Phi) is 13.4. The van der Waals surface area contributed by atoms with Gasteiger partial charge in [0.15, 0.2) is 21.0 Å². The monoisotopic (exact) mass is 903 g/mol. The Balaban J connectivity index is 0.000000177. The smallest absolute Gasteiger partial charge is 0.246 e. The molecule has 19 heteroatoms. The van der Waals surface area contributed by atoms with Crippen molar-refractivity contribution in [2.24, 2.45) is 7.05 Å². The lowest BCUT2D eigenvalue weighted by atomic mass is 9.89. The van der Waals surface area contributed by atoms with Gasteiger partial charge in [0, 0.05) is 60.8 Å². The summed E-state index contributed by atoms with van der Waals surface area (Å²) in [5.74, 6) is 2.09. The standard InChI is InChI=1S/C22H31N7O2S.C21H30N8S.CH4/c1-14(2)29-13-16(12-23-29)25-22-26-20(19-21(27-22)32-15(3)24-19)31-18-6-4-17(5-7-18)28-8-10-30-11-9-28;1-14-23-18-19(24-15-6-8-17(9-7-15)29-10-4-3-5-11-29)26-21(27-20(18)30-14)25-16-12-22-28(2)13-16;/h12-14,17-18H,4-11H2,1-3H3,(H,25,26,27);12-13,15,17H,3-11H2,1-2H3,(H2,24,25,26,27);1H4/i;1D3;. The van der Waals surface area contributed by atoms with E-state index in [1.807, 2.05) is 31.0 Å². The van der Waals surface area contributed by atoms with Crippen molar-refractivity contribution in [3.05, 3.63) is 34.8 Å². The molecule has 6 aromatic heterocycles. The molecule has 8 heterocycles. The number of rotatable bonds is 11. The molecule has 0 bridgehead atoms. The lowest BCUT2D eigenvalue weighted by Gasteiger charge is -2.39. The van der Waals surface area contributed by atoms with Gasteiger partial charge in [0.1, 0.15) is 11.6 Å². The number of fused-ring (bicyclic) bond motifs is 2. The molecule has 0 atom stereocenters. The van der Waals surface area contributed by atoms with E-state index in [2.05, 4.69) is 74.7 Å². The maximum Gasteiger partial charge on any atom is 0.246 e. The molecule has 4 aliphatic rings. The minimum Gasteiger partial charge on any atom is -0.473 e. The highest BCUT2D eigenvalue weighted by Crippen LogP contribution is 2.34. The quantitative estimate of drug-likeness (QED) is 0.113. The molecular formula is C44H65N15O2S2. The summed E-state index contributed by atoms with van der Waals surface area (Å²) in [5.41, 5.74) is 2.91. The number of hydrogen-bond donors (Lipinski definition) is 3. The molecule has 0 amide bonds. The number of thiazole rings is 2. The largest absolute Gasteiger partial charge is 0.473 e. The zero-order chi connectivity index (χ0) is 45.1. The van der Waals surface area contributed by atoms with E-state index in [1.165, 1.54) is 45.2 Å². The van der Waals surface area contributed by atoms with Gasteiger partial charge < -0.3 is 30.3 Å². The van der Waals surface area contributed by atoms with Crippen molar-refractivity contribution in [3.8, 4) is 5.88 Å². The van der Waals surface area contributed by atoms with E-state index in [-0.39, 0.29) is 24.6 Å². The van der Waals surface area contributed by atoms with Crippen LogP contribution in [0.1, 0.15) is 112 Å². The summed E-state index contributed by atoms with van der Waals surface area (Å²) in [4.78, 5) is 34.3. The second-order valence-corrected chi connectivity index (χ2v) is 19.4. The first-order chi connectivity index (χ1) is 31.4. The third-order valence-corrected chi connectivity index (χ3v) is 14.0. The van der Waals surface area contributed by atoms with Crippen LogP contribution in [-0.4, -0.2) is 123 Å². The maximum atomic E-state index is 7.77. The van der Waals surface area contributed by atoms with Crippen LogP contribution in [0.2, 0.25) is 0 Å². The van der Waals surface area contributed by atoms with Crippen molar-refractivity contribution in [2.45, 2.75) is 136 Å². The van der Waals surface area contributed by atoms with Crippen LogP contribution in [0.5, 0.6) is 5.88 Å². The van der Waals surface area contributed by atoms with Crippen molar-refractivity contribution in [1.29, 1.82) is 0 Å². The lowest BCUT2D eigenvalue weighted by molar-refractivity contribution is -0.00126. The van der Waals surface area contributed by atoms with E-state index in [0.29, 0.717) is 52.1 Å². The normalized spacial score (nSPS) is 23.3. The van der Waals surface area contributed by atoms with Crippen LogP contribution >= 0.6 is 22.7 Å². The fourth-order valence-corrected chi connectivity index (χ4v) is 10.6. The number of nitrogens with zero attached hydrogens (tertiary/aromatic N) is 12. The van der Waals surface area contributed by atoms with E-state index in [4.69, 9.17) is 18.6 Å². The van der Waals surface area contributed by atoms with Gasteiger partial charge in [-0.1, -0.05) is 36.5 Å². The van der Waals surface area contributed by atoms with Crippen LogP contribution in [0.4, 0.5) is 29.1 Å². The minimum absolute atomic E-state index is 0. The van der Waals surface area contributed by atoms with Crippen molar-refractivity contribution < 1.29 is 13.6 Å². The third kappa shape index (κ3) is 11.2. The number of hydrogen-bond acceptors (Lipinski definition) is 17. The lowest BCUT2D eigenvalue weighted by Crippen LogP contribution is -2.46. The number of morpholine rings is 1.